The molecule has 1 fully saturated rings. The van der Waals surface area contributed by atoms with Crippen LogP contribution in [0.1, 0.15) is 39.8 Å². The van der Waals surface area contributed by atoms with Crippen molar-refractivity contribution < 1.29 is 22.7 Å². The first kappa shape index (κ1) is 17.8. The monoisotopic (exact) mass is 388 g/mol. The molecule has 4 rings (SSSR count). The molecule has 1 aromatic carbocycles. The summed E-state index contributed by atoms with van der Waals surface area (Å²) in [5.41, 5.74) is 2.99. The highest BCUT2D eigenvalue weighted by Crippen LogP contribution is 2.33. The number of carbonyl (C=O) groups is 1. The van der Waals surface area contributed by atoms with E-state index in [-0.39, 0.29) is 30.1 Å². The van der Waals surface area contributed by atoms with Crippen molar-refractivity contribution in [2.24, 2.45) is 0 Å². The summed E-state index contributed by atoms with van der Waals surface area (Å²) < 4.78 is 35.8. The number of allylic oxidation sites excluding steroid dienone is 1. The first-order chi connectivity index (χ1) is 12.8. The Morgan fingerprint density at radius 2 is 2.04 bits per heavy atom. The molecular formula is C19H20N2O5S. The molecule has 0 spiro atoms. The SMILES string of the molecule is Cc1nn([C@H]2CCS(=O)(=O)C2)c(C)c1/C=C/C(=O)c1ccc2c(c1)OCO2. The summed E-state index contributed by atoms with van der Waals surface area (Å²) in [5.74, 6) is 1.37. The van der Waals surface area contributed by atoms with Crippen molar-refractivity contribution in [1.82, 2.24) is 9.78 Å². The Morgan fingerprint density at radius 3 is 2.78 bits per heavy atom. The Bertz CT molecular complexity index is 1050. The quantitative estimate of drug-likeness (QED) is 0.591. The van der Waals surface area contributed by atoms with Gasteiger partial charge < -0.3 is 9.47 Å². The van der Waals surface area contributed by atoms with Gasteiger partial charge in [-0.1, -0.05) is 0 Å². The first-order valence-electron chi connectivity index (χ1n) is 8.72. The third-order valence-electron chi connectivity index (χ3n) is 4.99. The lowest BCUT2D eigenvalue weighted by atomic mass is 10.1. The second-order valence-corrected chi connectivity index (χ2v) is 9.08. The number of fused-ring (bicyclic) bond motifs is 1. The fourth-order valence-corrected chi connectivity index (χ4v) is 5.24. The van der Waals surface area contributed by atoms with Gasteiger partial charge in [0.2, 0.25) is 6.79 Å². The average Bonchev–Trinajstić information content (AvgIpc) is 3.30. The normalized spacial score (nSPS) is 20.4. The number of hydrogen-bond acceptors (Lipinski definition) is 6. The molecule has 0 amide bonds. The number of rotatable bonds is 4. The van der Waals surface area contributed by atoms with Gasteiger partial charge in [0.15, 0.2) is 27.1 Å². The van der Waals surface area contributed by atoms with Crippen LogP contribution in [0.15, 0.2) is 24.3 Å². The van der Waals surface area contributed by atoms with Crippen LogP contribution in [-0.2, 0) is 9.84 Å². The van der Waals surface area contributed by atoms with Gasteiger partial charge in [-0.3, -0.25) is 9.48 Å². The van der Waals surface area contributed by atoms with Crippen LogP contribution in [-0.4, -0.2) is 42.3 Å². The maximum Gasteiger partial charge on any atom is 0.231 e. The van der Waals surface area contributed by atoms with E-state index >= 15 is 0 Å². The van der Waals surface area contributed by atoms with Gasteiger partial charge in [0.25, 0.3) is 0 Å². The second kappa shape index (κ2) is 6.53. The predicted molar refractivity (Wildman–Crippen MR) is 99.9 cm³/mol. The van der Waals surface area contributed by atoms with Crippen molar-refractivity contribution >= 4 is 21.7 Å². The number of aromatic nitrogens is 2. The smallest absolute Gasteiger partial charge is 0.231 e. The van der Waals surface area contributed by atoms with Gasteiger partial charge >= 0.3 is 0 Å². The average molecular weight is 388 g/mol. The topological polar surface area (TPSA) is 87.5 Å². The minimum absolute atomic E-state index is 0.119. The first-order valence-corrected chi connectivity index (χ1v) is 10.5. The molecule has 1 aromatic heterocycles. The van der Waals surface area contributed by atoms with Crippen molar-refractivity contribution in [3.05, 3.63) is 46.8 Å². The maximum absolute atomic E-state index is 12.5. The maximum atomic E-state index is 12.5. The number of carbonyl (C=O) groups excluding carboxylic acids is 1. The molecule has 0 radical (unpaired) electrons. The Kier molecular flexibility index (Phi) is 4.30. The zero-order valence-corrected chi connectivity index (χ0v) is 16.0. The van der Waals surface area contributed by atoms with Crippen LogP contribution in [0, 0.1) is 13.8 Å². The second-order valence-electron chi connectivity index (χ2n) is 6.85. The molecule has 3 heterocycles. The van der Waals surface area contributed by atoms with Gasteiger partial charge in [0.05, 0.1) is 23.2 Å². The third-order valence-corrected chi connectivity index (χ3v) is 6.74. The van der Waals surface area contributed by atoms with E-state index in [0.29, 0.717) is 23.5 Å². The lowest BCUT2D eigenvalue weighted by molar-refractivity contribution is 0.104. The highest BCUT2D eigenvalue weighted by Gasteiger charge is 2.31. The van der Waals surface area contributed by atoms with Crippen molar-refractivity contribution in [2.45, 2.75) is 26.3 Å². The molecule has 0 saturated carbocycles. The van der Waals surface area contributed by atoms with E-state index < -0.39 is 9.84 Å². The number of ether oxygens (including phenoxy) is 2. The molecular weight excluding hydrogens is 368 g/mol. The number of ketones is 1. The molecule has 0 N–H and O–H groups in total. The molecule has 0 bridgehead atoms. The predicted octanol–water partition coefficient (Wildman–Crippen LogP) is 2.48. The number of hydrogen-bond donors (Lipinski definition) is 0. The van der Waals surface area contributed by atoms with Crippen molar-refractivity contribution in [3.63, 3.8) is 0 Å². The summed E-state index contributed by atoms with van der Waals surface area (Å²) in [4.78, 5) is 12.5. The van der Waals surface area contributed by atoms with E-state index in [1.807, 2.05) is 13.8 Å². The number of sulfone groups is 1. The van der Waals surface area contributed by atoms with Gasteiger partial charge in [-0.2, -0.15) is 5.10 Å². The molecule has 142 valence electrons. The molecule has 8 heteroatoms. The molecule has 1 saturated heterocycles. The number of benzene rings is 1. The Morgan fingerprint density at radius 1 is 1.26 bits per heavy atom. The van der Waals surface area contributed by atoms with Gasteiger partial charge in [0.1, 0.15) is 0 Å². The van der Waals surface area contributed by atoms with Crippen LogP contribution < -0.4 is 9.47 Å². The van der Waals surface area contributed by atoms with E-state index in [9.17, 15) is 13.2 Å². The zero-order chi connectivity index (χ0) is 19.2. The molecule has 2 aliphatic rings. The number of aryl methyl sites for hydroxylation is 1. The Labute approximate surface area is 157 Å². The largest absolute Gasteiger partial charge is 0.454 e. The molecule has 27 heavy (non-hydrogen) atoms. The number of nitrogens with zero attached hydrogens (tertiary/aromatic N) is 2. The molecule has 2 aromatic rings. The molecule has 0 aliphatic carbocycles. The fourth-order valence-electron chi connectivity index (χ4n) is 3.55. The Balaban J connectivity index is 1.56. The fraction of sp³-hybridized carbons (Fsp3) is 0.368. The Hall–Kier alpha value is -2.61. The van der Waals surface area contributed by atoms with E-state index in [0.717, 1.165) is 17.0 Å². The van der Waals surface area contributed by atoms with Crippen LogP contribution in [0.2, 0.25) is 0 Å². The van der Waals surface area contributed by atoms with E-state index in [1.54, 1.807) is 29.0 Å². The van der Waals surface area contributed by atoms with Crippen molar-refractivity contribution in [3.8, 4) is 11.5 Å². The van der Waals surface area contributed by atoms with Gasteiger partial charge in [-0.25, -0.2) is 8.42 Å². The summed E-state index contributed by atoms with van der Waals surface area (Å²) in [6.07, 6.45) is 3.82. The summed E-state index contributed by atoms with van der Waals surface area (Å²) in [6.45, 7) is 3.92. The lowest BCUT2D eigenvalue weighted by Crippen LogP contribution is -2.13. The minimum atomic E-state index is -2.99. The van der Waals surface area contributed by atoms with Crippen LogP contribution in [0.5, 0.6) is 11.5 Å². The lowest BCUT2D eigenvalue weighted by Gasteiger charge is -2.10. The highest BCUT2D eigenvalue weighted by molar-refractivity contribution is 7.91. The summed E-state index contributed by atoms with van der Waals surface area (Å²) in [7, 11) is -2.99. The molecule has 0 unspecified atom stereocenters. The van der Waals surface area contributed by atoms with Crippen LogP contribution >= 0.6 is 0 Å². The zero-order valence-electron chi connectivity index (χ0n) is 15.1. The van der Waals surface area contributed by atoms with Crippen molar-refractivity contribution in [1.29, 1.82) is 0 Å². The third kappa shape index (κ3) is 3.37. The molecule has 2 aliphatic heterocycles. The summed E-state index contributed by atoms with van der Waals surface area (Å²) in [5, 5.41) is 4.51. The summed E-state index contributed by atoms with van der Waals surface area (Å²) in [6, 6.07) is 4.95. The van der Waals surface area contributed by atoms with Gasteiger partial charge in [0, 0.05) is 16.8 Å². The van der Waals surface area contributed by atoms with E-state index in [4.69, 9.17) is 9.47 Å². The van der Waals surface area contributed by atoms with Crippen LogP contribution in [0.4, 0.5) is 0 Å². The van der Waals surface area contributed by atoms with E-state index in [2.05, 4.69) is 5.10 Å². The van der Waals surface area contributed by atoms with Gasteiger partial charge in [-0.05, 0) is 50.6 Å². The highest BCUT2D eigenvalue weighted by atomic mass is 32.2. The standard InChI is InChI=1S/C19H20N2O5S/c1-12-16(13(2)21(20-12)15-7-8-27(23,24)10-15)4-5-17(22)14-3-6-18-19(9-14)26-11-25-18/h3-6,9,15H,7-8,10-11H2,1-2H3/b5-4+/t15-/m0/s1. The van der Waals surface area contributed by atoms with Crippen LogP contribution in [0.3, 0.4) is 0 Å². The van der Waals surface area contributed by atoms with Gasteiger partial charge in [-0.15, -0.1) is 0 Å². The van der Waals surface area contributed by atoms with Crippen molar-refractivity contribution in [2.75, 3.05) is 18.3 Å². The van der Waals surface area contributed by atoms with Crippen LogP contribution in [0.25, 0.3) is 6.08 Å². The van der Waals surface area contributed by atoms with E-state index in [1.165, 1.54) is 6.08 Å². The summed E-state index contributed by atoms with van der Waals surface area (Å²) >= 11 is 0. The minimum Gasteiger partial charge on any atom is -0.454 e. The molecule has 1 atom stereocenters. The molecule has 7 nitrogen and oxygen atoms in total.